The van der Waals surface area contributed by atoms with Crippen LogP contribution in [0.5, 0.6) is 0 Å². The molecule has 0 fully saturated rings. The topological polar surface area (TPSA) is 35.8 Å². The zero-order valence-electron chi connectivity index (χ0n) is 8.83. The Morgan fingerprint density at radius 2 is 2.13 bits per heavy atom. The van der Waals surface area contributed by atoms with Crippen LogP contribution in [0.3, 0.4) is 0 Å². The number of rotatable bonds is 2. The largest absolute Gasteiger partial charge is 0.389 e. The van der Waals surface area contributed by atoms with E-state index >= 15 is 0 Å². The monoisotopic (exact) mass is 198 g/mol. The Balaban J connectivity index is 2.24. The van der Waals surface area contributed by atoms with Gasteiger partial charge in [-0.25, -0.2) is 0 Å². The average Bonchev–Trinajstić information content (AvgIpc) is 2.77. The van der Waals surface area contributed by atoms with E-state index in [0.29, 0.717) is 0 Å². The van der Waals surface area contributed by atoms with Crippen molar-refractivity contribution in [1.29, 1.82) is 5.26 Å². The first kappa shape index (κ1) is 9.79. The third kappa shape index (κ3) is 1.87. The molecule has 2 nitrogen and oxygen atoms in total. The van der Waals surface area contributed by atoms with Crippen molar-refractivity contribution in [2.45, 2.75) is 19.3 Å². The van der Waals surface area contributed by atoms with Gasteiger partial charge in [-0.3, -0.25) is 0 Å². The summed E-state index contributed by atoms with van der Waals surface area (Å²) in [6, 6.07) is 10.8. The second-order valence-electron chi connectivity index (χ2n) is 3.77. The molecule has 1 unspecified atom stereocenters. The highest BCUT2D eigenvalue weighted by molar-refractivity contribution is 5.40. The quantitative estimate of drug-likeness (QED) is 0.791. The molecule has 76 valence electrons. The molecule has 1 aromatic carbocycles. The van der Waals surface area contributed by atoms with Crippen LogP contribution in [-0.2, 0) is 6.42 Å². The van der Waals surface area contributed by atoms with E-state index < -0.39 is 0 Å². The number of nitrogens with zero attached hydrogens (tertiary/aromatic N) is 1. The molecule has 0 bridgehead atoms. The number of nitriles is 1. The summed E-state index contributed by atoms with van der Waals surface area (Å²) >= 11 is 0. The van der Waals surface area contributed by atoms with Crippen molar-refractivity contribution in [2.24, 2.45) is 0 Å². The maximum absolute atomic E-state index is 8.94. The molecule has 0 aromatic heterocycles. The van der Waals surface area contributed by atoms with Crippen molar-refractivity contribution in [3.63, 3.8) is 0 Å². The van der Waals surface area contributed by atoms with Crippen molar-refractivity contribution in [1.82, 2.24) is 5.32 Å². The standard InChI is InChI=1S/C13H14N2/c1-2-10-3-5-11(6-4-10)13-9-15-8-12(13)7-14/h3-6,8,13,15H,2,9H2,1H3. The van der Waals surface area contributed by atoms with Gasteiger partial charge in [0.2, 0.25) is 0 Å². The molecule has 0 saturated carbocycles. The van der Waals surface area contributed by atoms with Gasteiger partial charge in [0.05, 0.1) is 11.6 Å². The van der Waals surface area contributed by atoms with Crippen molar-refractivity contribution < 1.29 is 0 Å². The summed E-state index contributed by atoms with van der Waals surface area (Å²) in [6.07, 6.45) is 2.88. The molecular formula is C13H14N2. The van der Waals surface area contributed by atoms with Crippen LogP contribution in [0.1, 0.15) is 24.0 Å². The van der Waals surface area contributed by atoms with Gasteiger partial charge in [0, 0.05) is 18.7 Å². The Kier molecular flexibility index (Phi) is 2.73. The molecule has 0 aliphatic carbocycles. The molecule has 15 heavy (non-hydrogen) atoms. The molecule has 2 rings (SSSR count). The van der Waals surface area contributed by atoms with Crippen molar-refractivity contribution in [3.8, 4) is 6.07 Å². The second-order valence-corrected chi connectivity index (χ2v) is 3.77. The lowest BCUT2D eigenvalue weighted by Gasteiger charge is -2.10. The van der Waals surface area contributed by atoms with Gasteiger partial charge in [0.25, 0.3) is 0 Å². The predicted octanol–water partition coefficient (Wildman–Crippen LogP) is 2.34. The minimum absolute atomic E-state index is 0.237. The lowest BCUT2D eigenvalue weighted by molar-refractivity contribution is 0.800. The maximum Gasteiger partial charge on any atom is 0.0969 e. The fourth-order valence-corrected chi connectivity index (χ4v) is 1.89. The van der Waals surface area contributed by atoms with E-state index in [1.807, 2.05) is 6.20 Å². The molecule has 0 spiro atoms. The second kappa shape index (κ2) is 4.18. The smallest absolute Gasteiger partial charge is 0.0969 e. The summed E-state index contributed by atoms with van der Waals surface area (Å²) in [4.78, 5) is 0. The molecule has 1 N–H and O–H groups in total. The number of benzene rings is 1. The highest BCUT2D eigenvalue weighted by Crippen LogP contribution is 2.26. The van der Waals surface area contributed by atoms with Crippen LogP contribution in [0.2, 0.25) is 0 Å². The predicted molar refractivity (Wildman–Crippen MR) is 60.3 cm³/mol. The summed E-state index contributed by atoms with van der Waals surface area (Å²) in [5, 5.41) is 12.1. The van der Waals surface area contributed by atoms with Crippen molar-refractivity contribution in [3.05, 3.63) is 47.2 Å². The molecule has 1 aliphatic heterocycles. The van der Waals surface area contributed by atoms with Gasteiger partial charge in [-0.2, -0.15) is 5.26 Å². The fraction of sp³-hybridized carbons (Fsp3) is 0.308. The Morgan fingerprint density at radius 3 is 2.73 bits per heavy atom. The Hall–Kier alpha value is -1.75. The lowest BCUT2D eigenvalue weighted by Crippen LogP contribution is -2.08. The van der Waals surface area contributed by atoms with E-state index in [0.717, 1.165) is 18.5 Å². The molecule has 1 atom stereocenters. The van der Waals surface area contributed by atoms with E-state index in [4.69, 9.17) is 5.26 Å². The Labute approximate surface area is 90.2 Å². The molecular weight excluding hydrogens is 184 g/mol. The van der Waals surface area contributed by atoms with Crippen LogP contribution in [-0.4, -0.2) is 6.54 Å². The highest BCUT2D eigenvalue weighted by Gasteiger charge is 2.20. The molecule has 0 amide bonds. The first-order valence-electron chi connectivity index (χ1n) is 5.27. The summed E-state index contributed by atoms with van der Waals surface area (Å²) in [5.41, 5.74) is 3.40. The van der Waals surface area contributed by atoms with E-state index in [-0.39, 0.29) is 5.92 Å². The van der Waals surface area contributed by atoms with Crippen LogP contribution >= 0.6 is 0 Å². The molecule has 1 aliphatic rings. The van der Waals surface area contributed by atoms with E-state index in [1.54, 1.807) is 0 Å². The SMILES string of the molecule is CCc1ccc(C2CNC=C2C#N)cc1. The highest BCUT2D eigenvalue weighted by atomic mass is 14.9. The number of hydrogen-bond acceptors (Lipinski definition) is 2. The number of hydrogen-bond donors (Lipinski definition) is 1. The average molecular weight is 198 g/mol. The maximum atomic E-state index is 8.94. The third-order valence-corrected chi connectivity index (χ3v) is 2.87. The van der Waals surface area contributed by atoms with E-state index in [2.05, 4.69) is 42.6 Å². The van der Waals surface area contributed by atoms with Crippen molar-refractivity contribution in [2.75, 3.05) is 6.54 Å². The minimum atomic E-state index is 0.237. The van der Waals surface area contributed by atoms with Gasteiger partial charge in [0.1, 0.15) is 0 Å². The summed E-state index contributed by atoms with van der Waals surface area (Å²) in [6.45, 7) is 2.99. The van der Waals surface area contributed by atoms with Crippen LogP contribution in [0.15, 0.2) is 36.0 Å². The molecule has 2 heteroatoms. The van der Waals surface area contributed by atoms with E-state index in [1.165, 1.54) is 11.1 Å². The van der Waals surface area contributed by atoms with Gasteiger partial charge < -0.3 is 5.32 Å². The van der Waals surface area contributed by atoms with Crippen LogP contribution in [0, 0.1) is 11.3 Å². The fourth-order valence-electron chi connectivity index (χ4n) is 1.89. The Bertz CT molecular complexity index is 409. The zero-order valence-corrected chi connectivity index (χ0v) is 8.83. The molecule has 1 aromatic rings. The Morgan fingerprint density at radius 1 is 1.40 bits per heavy atom. The summed E-state index contributed by atoms with van der Waals surface area (Å²) < 4.78 is 0. The van der Waals surface area contributed by atoms with Gasteiger partial charge >= 0.3 is 0 Å². The van der Waals surface area contributed by atoms with Gasteiger partial charge in [-0.15, -0.1) is 0 Å². The summed E-state index contributed by atoms with van der Waals surface area (Å²) in [7, 11) is 0. The third-order valence-electron chi connectivity index (χ3n) is 2.87. The normalized spacial score (nSPS) is 19.2. The number of nitrogens with one attached hydrogen (secondary N) is 1. The first-order valence-corrected chi connectivity index (χ1v) is 5.27. The number of aryl methyl sites for hydroxylation is 1. The van der Waals surface area contributed by atoms with E-state index in [9.17, 15) is 0 Å². The van der Waals surface area contributed by atoms with Gasteiger partial charge in [0.15, 0.2) is 0 Å². The molecule has 0 radical (unpaired) electrons. The van der Waals surface area contributed by atoms with Gasteiger partial charge in [-0.1, -0.05) is 31.2 Å². The van der Waals surface area contributed by atoms with Crippen LogP contribution in [0.25, 0.3) is 0 Å². The van der Waals surface area contributed by atoms with Gasteiger partial charge in [-0.05, 0) is 17.5 Å². The minimum Gasteiger partial charge on any atom is -0.389 e. The van der Waals surface area contributed by atoms with Crippen molar-refractivity contribution >= 4 is 0 Å². The zero-order chi connectivity index (χ0) is 10.7. The molecule has 0 saturated heterocycles. The lowest BCUT2D eigenvalue weighted by atomic mass is 9.93. The molecule has 1 heterocycles. The van der Waals surface area contributed by atoms with Crippen LogP contribution in [0.4, 0.5) is 0 Å². The first-order chi connectivity index (χ1) is 7.35. The van der Waals surface area contributed by atoms with Crippen LogP contribution < -0.4 is 5.32 Å². The summed E-state index contributed by atoms with van der Waals surface area (Å²) in [5.74, 6) is 0.237.